The second-order valence-electron chi connectivity index (χ2n) is 4.80. The van der Waals surface area contributed by atoms with E-state index in [0.717, 1.165) is 21.7 Å². The van der Waals surface area contributed by atoms with E-state index in [9.17, 15) is 4.79 Å². The number of benzene rings is 1. The van der Waals surface area contributed by atoms with Crippen molar-refractivity contribution in [1.29, 1.82) is 5.26 Å². The average molecular weight is 327 g/mol. The zero-order valence-electron chi connectivity index (χ0n) is 12.5. The second kappa shape index (κ2) is 6.06. The van der Waals surface area contributed by atoms with Gasteiger partial charge in [0.25, 0.3) is 0 Å². The number of aromatic nitrogens is 3. The van der Waals surface area contributed by atoms with E-state index in [1.165, 1.54) is 11.3 Å². The fraction of sp³-hybridized carbons (Fsp3) is 0.200. The van der Waals surface area contributed by atoms with Crippen LogP contribution in [0.3, 0.4) is 0 Å². The van der Waals surface area contributed by atoms with Crippen molar-refractivity contribution in [2.75, 3.05) is 12.4 Å². The first kappa shape index (κ1) is 15.0. The summed E-state index contributed by atoms with van der Waals surface area (Å²) in [4.78, 5) is 16.2. The van der Waals surface area contributed by atoms with Crippen LogP contribution in [0.15, 0.2) is 24.3 Å². The first-order valence-corrected chi connectivity index (χ1v) is 7.61. The molecule has 1 amide bonds. The molecule has 0 bridgehead atoms. The van der Waals surface area contributed by atoms with Crippen molar-refractivity contribution in [3.63, 3.8) is 0 Å². The smallest absolute Gasteiger partial charge is 0.239 e. The second-order valence-corrected chi connectivity index (χ2v) is 5.81. The van der Waals surface area contributed by atoms with Crippen molar-refractivity contribution < 1.29 is 9.53 Å². The molecule has 0 unspecified atom stereocenters. The summed E-state index contributed by atoms with van der Waals surface area (Å²) in [7, 11) is 1.61. The molecule has 7 nitrogen and oxygen atoms in total. The number of anilines is 1. The van der Waals surface area contributed by atoms with E-state index in [-0.39, 0.29) is 12.3 Å². The maximum Gasteiger partial charge on any atom is 0.239 e. The lowest BCUT2D eigenvalue weighted by atomic mass is 10.3. The quantitative estimate of drug-likeness (QED) is 0.795. The number of aryl methyl sites for hydroxylation is 1. The van der Waals surface area contributed by atoms with Crippen LogP contribution in [0.4, 0.5) is 5.82 Å². The minimum atomic E-state index is -0.378. The van der Waals surface area contributed by atoms with E-state index in [1.54, 1.807) is 17.9 Å². The van der Waals surface area contributed by atoms with Crippen LogP contribution in [0.25, 0.3) is 15.3 Å². The molecule has 23 heavy (non-hydrogen) atoms. The largest absolute Gasteiger partial charge is 0.497 e. The van der Waals surface area contributed by atoms with Gasteiger partial charge in [-0.2, -0.15) is 15.0 Å². The monoisotopic (exact) mass is 327 g/mol. The lowest BCUT2D eigenvalue weighted by Crippen LogP contribution is -2.13. The number of nitrogens with zero attached hydrogens (tertiary/aromatic N) is 4. The molecule has 2 aromatic heterocycles. The van der Waals surface area contributed by atoms with Crippen LogP contribution in [0.1, 0.15) is 12.1 Å². The number of carbonyl (C=O) groups is 1. The Morgan fingerprint density at radius 3 is 3.04 bits per heavy atom. The number of methoxy groups -OCH3 is 1. The summed E-state index contributed by atoms with van der Waals surface area (Å²) in [5.41, 5.74) is 1.57. The van der Waals surface area contributed by atoms with Crippen LogP contribution in [-0.4, -0.2) is 27.8 Å². The third kappa shape index (κ3) is 3.00. The molecule has 8 heteroatoms. The molecule has 3 aromatic rings. The number of fused-ring (bicyclic) bond motifs is 1. The molecule has 0 aliphatic rings. The standard InChI is InChI=1S/C15H13N5O2S/c1-9-7-13(18-14(21)5-6-16)20(19-9)15-17-11-4-3-10(22-2)8-12(11)23-15/h3-4,7-8H,5H2,1-2H3,(H,18,21). The van der Waals surface area contributed by atoms with E-state index < -0.39 is 0 Å². The summed E-state index contributed by atoms with van der Waals surface area (Å²) in [5, 5.41) is 16.3. The molecule has 0 aliphatic heterocycles. The number of ether oxygens (including phenoxy) is 1. The summed E-state index contributed by atoms with van der Waals surface area (Å²) in [6.07, 6.45) is -0.207. The van der Waals surface area contributed by atoms with Gasteiger partial charge < -0.3 is 10.1 Å². The van der Waals surface area contributed by atoms with Gasteiger partial charge in [0.15, 0.2) is 0 Å². The van der Waals surface area contributed by atoms with E-state index in [0.29, 0.717) is 10.9 Å². The third-order valence-corrected chi connectivity index (χ3v) is 4.10. The number of carbonyl (C=O) groups excluding carboxylic acids is 1. The predicted octanol–water partition coefficient (Wildman–Crippen LogP) is 2.65. The first-order chi connectivity index (χ1) is 11.1. The molecule has 3 rings (SSSR count). The number of nitriles is 1. The molecule has 116 valence electrons. The van der Waals surface area contributed by atoms with Gasteiger partial charge in [-0.15, -0.1) is 0 Å². The molecule has 0 saturated carbocycles. The van der Waals surface area contributed by atoms with Crippen LogP contribution in [0.2, 0.25) is 0 Å². The van der Waals surface area contributed by atoms with Crippen molar-refractivity contribution in [3.05, 3.63) is 30.0 Å². The normalized spacial score (nSPS) is 10.5. The molecule has 0 saturated heterocycles. The highest BCUT2D eigenvalue weighted by atomic mass is 32.1. The summed E-state index contributed by atoms with van der Waals surface area (Å²) >= 11 is 1.44. The molecule has 0 spiro atoms. The lowest BCUT2D eigenvalue weighted by Gasteiger charge is -2.03. The topological polar surface area (TPSA) is 92.8 Å². The van der Waals surface area contributed by atoms with Gasteiger partial charge in [0, 0.05) is 6.07 Å². The van der Waals surface area contributed by atoms with Gasteiger partial charge in [0.05, 0.1) is 29.1 Å². The highest BCUT2D eigenvalue weighted by Gasteiger charge is 2.14. The lowest BCUT2D eigenvalue weighted by molar-refractivity contribution is -0.115. The molecular formula is C15H13N5O2S. The molecule has 2 heterocycles. The fourth-order valence-electron chi connectivity index (χ4n) is 2.10. The van der Waals surface area contributed by atoms with Crippen molar-refractivity contribution >= 4 is 33.3 Å². The maximum absolute atomic E-state index is 11.7. The predicted molar refractivity (Wildman–Crippen MR) is 86.9 cm³/mol. The zero-order valence-corrected chi connectivity index (χ0v) is 13.3. The molecule has 0 atom stereocenters. The van der Waals surface area contributed by atoms with Crippen molar-refractivity contribution in [1.82, 2.24) is 14.8 Å². The Labute approximate surface area is 136 Å². The van der Waals surface area contributed by atoms with Gasteiger partial charge in [-0.25, -0.2) is 4.98 Å². The Hall–Kier alpha value is -2.92. The highest BCUT2D eigenvalue weighted by Crippen LogP contribution is 2.29. The number of rotatable bonds is 4. The number of nitrogens with one attached hydrogen (secondary N) is 1. The Balaban J connectivity index is 2.01. The summed E-state index contributed by atoms with van der Waals surface area (Å²) < 4.78 is 7.74. The van der Waals surface area contributed by atoms with Crippen molar-refractivity contribution in [3.8, 4) is 17.0 Å². The first-order valence-electron chi connectivity index (χ1n) is 6.79. The molecule has 0 radical (unpaired) electrons. The van der Waals surface area contributed by atoms with Crippen molar-refractivity contribution in [2.24, 2.45) is 0 Å². The van der Waals surface area contributed by atoms with E-state index in [2.05, 4.69) is 15.4 Å². The Kier molecular flexibility index (Phi) is 3.95. The molecule has 0 fully saturated rings. The van der Waals surface area contributed by atoms with Gasteiger partial charge in [0.2, 0.25) is 11.0 Å². The summed E-state index contributed by atoms with van der Waals surface area (Å²) in [6.45, 7) is 1.83. The number of hydrogen-bond donors (Lipinski definition) is 1. The summed E-state index contributed by atoms with van der Waals surface area (Å²) in [6, 6.07) is 9.18. The molecule has 0 aliphatic carbocycles. The van der Waals surface area contributed by atoms with Crippen molar-refractivity contribution in [2.45, 2.75) is 13.3 Å². The van der Waals surface area contributed by atoms with Gasteiger partial charge >= 0.3 is 0 Å². The number of thiazole rings is 1. The number of amides is 1. The van der Waals surface area contributed by atoms with E-state index in [1.807, 2.05) is 31.2 Å². The molecule has 1 aromatic carbocycles. The van der Waals surface area contributed by atoms with E-state index >= 15 is 0 Å². The third-order valence-electron chi connectivity index (χ3n) is 3.10. The fourth-order valence-corrected chi connectivity index (χ4v) is 3.06. The number of hydrogen-bond acceptors (Lipinski definition) is 6. The van der Waals surface area contributed by atoms with Crippen LogP contribution in [-0.2, 0) is 4.79 Å². The SMILES string of the molecule is COc1ccc2nc(-n3nc(C)cc3NC(=O)CC#N)sc2c1. The molecular weight excluding hydrogens is 314 g/mol. The highest BCUT2D eigenvalue weighted by molar-refractivity contribution is 7.20. The Morgan fingerprint density at radius 2 is 2.30 bits per heavy atom. The van der Waals surface area contributed by atoms with E-state index in [4.69, 9.17) is 10.00 Å². The Morgan fingerprint density at radius 1 is 1.48 bits per heavy atom. The zero-order chi connectivity index (χ0) is 16.4. The van der Waals surface area contributed by atoms with Crippen LogP contribution in [0.5, 0.6) is 5.75 Å². The molecule has 1 N–H and O–H groups in total. The minimum absolute atomic E-state index is 0.207. The van der Waals surface area contributed by atoms with Crippen LogP contribution >= 0.6 is 11.3 Å². The Bertz CT molecular complexity index is 922. The average Bonchev–Trinajstić information content (AvgIpc) is 3.09. The van der Waals surface area contributed by atoms with Gasteiger partial charge in [-0.3, -0.25) is 4.79 Å². The maximum atomic E-state index is 11.7. The van der Waals surface area contributed by atoms with Crippen LogP contribution in [0, 0.1) is 18.3 Å². The van der Waals surface area contributed by atoms with Gasteiger partial charge in [0.1, 0.15) is 18.0 Å². The van der Waals surface area contributed by atoms with Gasteiger partial charge in [-0.1, -0.05) is 11.3 Å². The van der Waals surface area contributed by atoms with Gasteiger partial charge in [-0.05, 0) is 25.1 Å². The minimum Gasteiger partial charge on any atom is -0.497 e. The van der Waals surface area contributed by atoms with Crippen LogP contribution < -0.4 is 10.1 Å². The summed E-state index contributed by atoms with van der Waals surface area (Å²) in [5.74, 6) is 0.872.